The van der Waals surface area contributed by atoms with Crippen LogP contribution < -0.4 is 10.1 Å². The number of ether oxygens (including phenoxy) is 2. The SMILES string of the molecule is CC1CN(Cc2ccccc2CNC(=O)Cc2ccc3c(c2)CCO3)CC(C)O1. The van der Waals surface area contributed by atoms with Gasteiger partial charge in [-0.05, 0) is 42.2 Å². The average molecular weight is 395 g/mol. The highest BCUT2D eigenvalue weighted by Crippen LogP contribution is 2.26. The van der Waals surface area contributed by atoms with Crippen molar-refractivity contribution in [3.8, 4) is 5.75 Å². The summed E-state index contributed by atoms with van der Waals surface area (Å²) in [5.41, 5.74) is 4.68. The zero-order valence-electron chi connectivity index (χ0n) is 17.3. The molecule has 0 radical (unpaired) electrons. The maximum absolute atomic E-state index is 12.5. The smallest absolute Gasteiger partial charge is 0.224 e. The number of hydrogen-bond donors (Lipinski definition) is 1. The molecule has 29 heavy (non-hydrogen) atoms. The van der Waals surface area contributed by atoms with Crippen LogP contribution >= 0.6 is 0 Å². The number of nitrogens with zero attached hydrogens (tertiary/aromatic N) is 1. The fraction of sp³-hybridized carbons (Fsp3) is 0.458. The van der Waals surface area contributed by atoms with Crippen LogP contribution in [0.2, 0.25) is 0 Å². The average Bonchev–Trinajstić information content (AvgIpc) is 3.14. The molecule has 2 unspecified atom stereocenters. The Bertz CT molecular complexity index is 857. The van der Waals surface area contributed by atoms with Crippen LogP contribution in [0.1, 0.15) is 36.1 Å². The van der Waals surface area contributed by atoms with Gasteiger partial charge < -0.3 is 14.8 Å². The summed E-state index contributed by atoms with van der Waals surface area (Å²) in [4.78, 5) is 14.9. The normalized spacial score (nSPS) is 21.4. The summed E-state index contributed by atoms with van der Waals surface area (Å²) in [6, 6.07) is 14.4. The van der Waals surface area contributed by atoms with Gasteiger partial charge in [-0.3, -0.25) is 9.69 Å². The molecule has 0 aliphatic carbocycles. The molecular formula is C24H30N2O3. The number of fused-ring (bicyclic) bond motifs is 1. The number of morpholine rings is 1. The van der Waals surface area contributed by atoms with E-state index in [0.29, 0.717) is 13.0 Å². The van der Waals surface area contributed by atoms with Crippen molar-refractivity contribution in [3.63, 3.8) is 0 Å². The van der Waals surface area contributed by atoms with Gasteiger partial charge >= 0.3 is 0 Å². The zero-order valence-corrected chi connectivity index (χ0v) is 17.3. The largest absolute Gasteiger partial charge is 0.493 e. The number of carbonyl (C=O) groups is 1. The minimum absolute atomic E-state index is 0.0484. The summed E-state index contributed by atoms with van der Waals surface area (Å²) in [6.45, 7) is 8.30. The van der Waals surface area contributed by atoms with Gasteiger partial charge in [0, 0.05) is 32.6 Å². The highest BCUT2D eigenvalue weighted by molar-refractivity contribution is 5.78. The minimum Gasteiger partial charge on any atom is -0.493 e. The van der Waals surface area contributed by atoms with E-state index in [1.807, 2.05) is 18.2 Å². The van der Waals surface area contributed by atoms with Gasteiger partial charge in [0.1, 0.15) is 5.75 Å². The molecule has 1 fully saturated rings. The summed E-state index contributed by atoms with van der Waals surface area (Å²) in [7, 11) is 0. The van der Waals surface area contributed by atoms with Crippen molar-refractivity contribution < 1.29 is 14.3 Å². The Labute approximate surface area is 173 Å². The lowest BCUT2D eigenvalue weighted by molar-refractivity contribution is -0.120. The first-order valence-corrected chi connectivity index (χ1v) is 10.5. The number of benzene rings is 2. The van der Waals surface area contributed by atoms with Crippen molar-refractivity contribution in [1.29, 1.82) is 0 Å². The van der Waals surface area contributed by atoms with Gasteiger partial charge in [0.2, 0.25) is 5.91 Å². The van der Waals surface area contributed by atoms with E-state index in [4.69, 9.17) is 9.47 Å². The molecule has 0 spiro atoms. The second-order valence-electron chi connectivity index (χ2n) is 8.21. The predicted molar refractivity (Wildman–Crippen MR) is 113 cm³/mol. The summed E-state index contributed by atoms with van der Waals surface area (Å²) in [5, 5.41) is 3.10. The maximum Gasteiger partial charge on any atom is 0.224 e. The standard InChI is InChI=1S/C24H30N2O3/c1-17-14-26(15-18(2)29-17)16-22-6-4-3-5-21(22)13-25-24(27)12-19-7-8-23-20(11-19)9-10-28-23/h3-8,11,17-18H,9-10,12-16H2,1-2H3,(H,25,27). The van der Waals surface area contributed by atoms with Crippen LogP contribution in [-0.4, -0.2) is 42.7 Å². The van der Waals surface area contributed by atoms with E-state index in [1.165, 1.54) is 16.7 Å². The van der Waals surface area contributed by atoms with E-state index in [-0.39, 0.29) is 18.1 Å². The van der Waals surface area contributed by atoms with Gasteiger partial charge in [-0.15, -0.1) is 0 Å². The summed E-state index contributed by atoms with van der Waals surface area (Å²) >= 11 is 0. The molecule has 0 saturated carbocycles. The Morgan fingerprint density at radius 2 is 1.86 bits per heavy atom. The predicted octanol–water partition coefficient (Wildman–Crippen LogP) is 3.09. The third-order valence-corrected chi connectivity index (χ3v) is 5.60. The van der Waals surface area contributed by atoms with Crippen LogP contribution in [0, 0.1) is 0 Å². The first-order chi connectivity index (χ1) is 14.1. The third-order valence-electron chi connectivity index (χ3n) is 5.60. The molecule has 2 aliphatic heterocycles. The van der Waals surface area contributed by atoms with Crippen LogP contribution in [0.15, 0.2) is 42.5 Å². The Kier molecular flexibility index (Phi) is 6.16. The van der Waals surface area contributed by atoms with E-state index in [9.17, 15) is 4.79 Å². The number of nitrogens with one attached hydrogen (secondary N) is 1. The Balaban J connectivity index is 1.34. The van der Waals surface area contributed by atoms with Crippen molar-refractivity contribution >= 4 is 5.91 Å². The lowest BCUT2D eigenvalue weighted by atomic mass is 10.0. The molecule has 2 atom stereocenters. The van der Waals surface area contributed by atoms with Gasteiger partial charge in [-0.25, -0.2) is 0 Å². The number of hydrogen-bond acceptors (Lipinski definition) is 4. The number of carbonyl (C=O) groups excluding carboxylic acids is 1. The lowest BCUT2D eigenvalue weighted by Gasteiger charge is -2.35. The Morgan fingerprint density at radius 1 is 1.10 bits per heavy atom. The molecule has 0 aromatic heterocycles. The van der Waals surface area contributed by atoms with Crippen LogP contribution in [0.25, 0.3) is 0 Å². The zero-order chi connectivity index (χ0) is 20.2. The first-order valence-electron chi connectivity index (χ1n) is 10.5. The molecule has 1 amide bonds. The van der Waals surface area contributed by atoms with Gasteiger partial charge in [0.25, 0.3) is 0 Å². The van der Waals surface area contributed by atoms with E-state index >= 15 is 0 Å². The molecule has 5 nitrogen and oxygen atoms in total. The fourth-order valence-corrected chi connectivity index (χ4v) is 4.33. The van der Waals surface area contributed by atoms with Gasteiger partial charge in [0.05, 0.1) is 25.2 Å². The molecule has 1 saturated heterocycles. The van der Waals surface area contributed by atoms with Crippen molar-refractivity contribution in [1.82, 2.24) is 10.2 Å². The van der Waals surface area contributed by atoms with Crippen molar-refractivity contribution in [2.24, 2.45) is 0 Å². The second-order valence-corrected chi connectivity index (χ2v) is 8.21. The first kappa shape index (κ1) is 19.9. The second kappa shape index (κ2) is 8.97. The van der Waals surface area contributed by atoms with Crippen LogP contribution in [0.3, 0.4) is 0 Å². The van der Waals surface area contributed by atoms with Gasteiger partial charge in [-0.1, -0.05) is 36.4 Å². The van der Waals surface area contributed by atoms with E-state index < -0.39 is 0 Å². The molecule has 2 aromatic rings. The molecule has 2 aliphatic rings. The molecule has 1 N–H and O–H groups in total. The molecule has 154 valence electrons. The Hall–Kier alpha value is -2.37. The number of rotatable bonds is 6. The summed E-state index contributed by atoms with van der Waals surface area (Å²) < 4.78 is 11.4. The monoisotopic (exact) mass is 394 g/mol. The molecule has 0 bridgehead atoms. The van der Waals surface area contributed by atoms with Crippen LogP contribution in [0.4, 0.5) is 0 Å². The maximum atomic E-state index is 12.5. The highest BCUT2D eigenvalue weighted by Gasteiger charge is 2.22. The van der Waals surface area contributed by atoms with Gasteiger partial charge in [-0.2, -0.15) is 0 Å². The summed E-state index contributed by atoms with van der Waals surface area (Å²) in [6.07, 6.45) is 1.83. The molecule has 2 heterocycles. The highest BCUT2D eigenvalue weighted by atomic mass is 16.5. The summed E-state index contributed by atoms with van der Waals surface area (Å²) in [5.74, 6) is 1.00. The fourth-order valence-electron chi connectivity index (χ4n) is 4.33. The minimum atomic E-state index is 0.0484. The van der Waals surface area contributed by atoms with Crippen molar-refractivity contribution in [3.05, 3.63) is 64.7 Å². The quantitative estimate of drug-likeness (QED) is 0.818. The van der Waals surface area contributed by atoms with Crippen molar-refractivity contribution in [2.75, 3.05) is 19.7 Å². The van der Waals surface area contributed by atoms with Gasteiger partial charge in [0.15, 0.2) is 0 Å². The van der Waals surface area contributed by atoms with E-state index in [1.54, 1.807) is 0 Å². The number of amides is 1. The molecule has 2 aromatic carbocycles. The molecular weight excluding hydrogens is 364 g/mol. The Morgan fingerprint density at radius 3 is 2.66 bits per heavy atom. The lowest BCUT2D eigenvalue weighted by Crippen LogP contribution is -2.45. The van der Waals surface area contributed by atoms with E-state index in [0.717, 1.165) is 44.0 Å². The molecule has 4 rings (SSSR count). The van der Waals surface area contributed by atoms with Crippen molar-refractivity contribution in [2.45, 2.75) is 52.0 Å². The third kappa shape index (κ3) is 5.17. The van der Waals surface area contributed by atoms with E-state index in [2.05, 4.69) is 48.3 Å². The van der Waals surface area contributed by atoms with Crippen LogP contribution in [0.5, 0.6) is 5.75 Å². The molecule has 5 heteroatoms. The van der Waals surface area contributed by atoms with Crippen LogP contribution in [-0.2, 0) is 35.5 Å². The topological polar surface area (TPSA) is 50.8 Å².